The van der Waals surface area contributed by atoms with E-state index in [2.05, 4.69) is 20.5 Å². The van der Waals surface area contributed by atoms with Gasteiger partial charge < -0.3 is 50.2 Å². The van der Waals surface area contributed by atoms with E-state index >= 15 is 0 Å². The number of nitrogens with one attached hydrogen (secondary N) is 3. The van der Waals surface area contributed by atoms with Gasteiger partial charge in [-0.1, -0.05) is 84.9 Å². The number of benzene rings is 5. The van der Waals surface area contributed by atoms with Crippen LogP contribution in [0.1, 0.15) is 49.8 Å². The molecule has 1 aromatic heterocycles. The molecule has 7 N–H and O–H groups in total. The lowest BCUT2D eigenvalue weighted by Gasteiger charge is -2.39. The van der Waals surface area contributed by atoms with Gasteiger partial charge in [0.2, 0.25) is 17.4 Å². The highest BCUT2D eigenvalue weighted by atomic mass is 19.4. The number of aromatic nitrogens is 1. The molecule has 0 radical (unpaired) electrons. The number of carboxylic acids is 2. The van der Waals surface area contributed by atoms with Gasteiger partial charge in [-0.25, -0.2) is 14.4 Å². The van der Waals surface area contributed by atoms with E-state index in [1.807, 2.05) is 115 Å². The number of aliphatic hydroxyl groups is 1. The van der Waals surface area contributed by atoms with Crippen LogP contribution in [0.5, 0.6) is 5.75 Å². The Bertz CT molecular complexity index is 3070. The lowest BCUT2D eigenvalue weighted by Crippen LogP contribution is -2.48. The number of nitrogens with zero attached hydrogens (tertiary/aromatic N) is 3. The lowest BCUT2D eigenvalue weighted by atomic mass is 9.98. The predicted octanol–water partition coefficient (Wildman–Crippen LogP) is 8.91. The number of ether oxygens (including phenoxy) is 1. The molecule has 1 aliphatic rings. The molecular formula is C56H60F6N6O11. The van der Waals surface area contributed by atoms with Crippen LogP contribution in [0.3, 0.4) is 0 Å². The average molecular weight is 1110 g/mol. The molecule has 5 aromatic carbocycles. The van der Waals surface area contributed by atoms with Crippen LogP contribution in [0, 0.1) is 0 Å². The first-order valence-electron chi connectivity index (χ1n) is 24.8. The molecule has 0 spiro atoms. The summed E-state index contributed by atoms with van der Waals surface area (Å²) in [5, 5.41) is 43.0. The van der Waals surface area contributed by atoms with Crippen LogP contribution in [0.15, 0.2) is 132 Å². The number of halogens is 6. The quantitative estimate of drug-likeness (QED) is 0.0334. The summed E-state index contributed by atoms with van der Waals surface area (Å²) in [6.45, 7) is 6.67. The molecule has 1 fully saturated rings. The number of aromatic hydroxyl groups is 1. The molecule has 7 rings (SSSR count). The zero-order chi connectivity index (χ0) is 58.1. The second-order valence-corrected chi connectivity index (χ2v) is 18.4. The number of rotatable bonds is 17. The number of hydrogen-bond donors (Lipinski definition) is 7. The van der Waals surface area contributed by atoms with Crippen LogP contribution in [-0.2, 0) is 43.2 Å². The first-order chi connectivity index (χ1) is 37.2. The highest BCUT2D eigenvalue weighted by molar-refractivity contribution is 5.96. The number of phenolic OH excluding ortho intramolecular Hbond substituents is 1. The van der Waals surface area contributed by atoms with E-state index in [0.29, 0.717) is 74.0 Å². The number of anilines is 3. The van der Waals surface area contributed by atoms with Gasteiger partial charge in [0, 0.05) is 81.0 Å². The Morgan fingerprint density at radius 3 is 2.00 bits per heavy atom. The van der Waals surface area contributed by atoms with Gasteiger partial charge >= 0.3 is 30.4 Å². The average Bonchev–Trinajstić information content (AvgIpc) is 3.43. The number of carboxylic acid groups (broad SMARTS) is 2. The summed E-state index contributed by atoms with van der Waals surface area (Å²) < 4.78 is 69.3. The number of aromatic amines is 1. The number of amides is 3. The van der Waals surface area contributed by atoms with Crippen molar-refractivity contribution in [2.75, 3.05) is 54.9 Å². The number of alkyl halides is 6. The van der Waals surface area contributed by atoms with Crippen molar-refractivity contribution in [3.8, 4) is 16.9 Å². The standard InChI is InChI=1S/C52H58N6O7.2C2HF3O2/c1-4-58(45-22-23-46(59)50-43(45)21-24-47(60)55-50)52(2,64)35-38-12-10-11-36(33-38)25-29-53-48(61)34-37-17-19-40(20-18-37)56(3)49(62)28-32-57-30-26-41(27-31-57)65-51(63)54-44-16-9-8-15-42(44)39-13-6-5-7-14-39;2*3-2(4,5)1(6)7/h5-24,33,41,59,64H,4,25-32,34-35H2,1-3H3,(H,53,61)(H,54,63)(H,55,60);2*(H,6,7)/t52-;;/m1../s1. The normalized spacial score (nSPS) is 13.5. The van der Waals surface area contributed by atoms with Gasteiger partial charge in [0.25, 0.3) is 0 Å². The topological polar surface area (TPSA) is 242 Å². The molecular weight excluding hydrogens is 1050 g/mol. The van der Waals surface area contributed by atoms with Gasteiger partial charge in [-0.3, -0.25) is 19.7 Å². The molecule has 1 aliphatic heterocycles. The van der Waals surface area contributed by atoms with E-state index in [4.69, 9.17) is 24.5 Å². The molecule has 17 nitrogen and oxygen atoms in total. The van der Waals surface area contributed by atoms with Crippen LogP contribution in [-0.4, -0.2) is 124 Å². The van der Waals surface area contributed by atoms with Crippen molar-refractivity contribution in [2.45, 2.75) is 76.6 Å². The molecule has 0 saturated carbocycles. The summed E-state index contributed by atoms with van der Waals surface area (Å²) in [5.41, 5.74) is 5.55. The molecule has 1 atom stereocenters. The van der Waals surface area contributed by atoms with Crippen LogP contribution >= 0.6 is 0 Å². The van der Waals surface area contributed by atoms with Gasteiger partial charge in [-0.05, 0) is 91.8 Å². The smallest absolute Gasteiger partial charge is 0.490 e. The van der Waals surface area contributed by atoms with Crippen LogP contribution < -0.4 is 26.0 Å². The molecule has 23 heteroatoms. The van der Waals surface area contributed by atoms with Crippen molar-refractivity contribution in [2.24, 2.45) is 0 Å². The molecule has 0 aliphatic carbocycles. The van der Waals surface area contributed by atoms with Crippen LogP contribution in [0.4, 0.5) is 48.2 Å². The van der Waals surface area contributed by atoms with Crippen molar-refractivity contribution in [1.82, 2.24) is 15.2 Å². The Morgan fingerprint density at radius 2 is 1.38 bits per heavy atom. The first kappa shape index (κ1) is 61.4. The highest BCUT2D eigenvalue weighted by Gasteiger charge is 2.39. The molecule has 3 amide bonds. The summed E-state index contributed by atoms with van der Waals surface area (Å²) >= 11 is 0. The number of pyridine rings is 1. The summed E-state index contributed by atoms with van der Waals surface area (Å²) in [7, 11) is 1.76. The Kier molecular flexibility index (Phi) is 21.6. The molecule has 422 valence electrons. The van der Waals surface area contributed by atoms with E-state index in [1.54, 1.807) is 31.0 Å². The second-order valence-electron chi connectivity index (χ2n) is 18.4. The zero-order valence-electron chi connectivity index (χ0n) is 43.2. The largest absolute Gasteiger partial charge is 0.506 e. The van der Waals surface area contributed by atoms with Crippen LogP contribution in [0.2, 0.25) is 0 Å². The zero-order valence-corrected chi connectivity index (χ0v) is 43.2. The van der Waals surface area contributed by atoms with E-state index in [0.717, 1.165) is 46.6 Å². The number of likely N-dealkylation sites (tertiary alicyclic amines) is 1. The van der Waals surface area contributed by atoms with Gasteiger partial charge in [0.05, 0.1) is 17.6 Å². The Balaban J connectivity index is 0.000000725. The summed E-state index contributed by atoms with van der Waals surface area (Å²) in [6, 6.07) is 39.3. The Hall–Kier alpha value is -8.44. The lowest BCUT2D eigenvalue weighted by molar-refractivity contribution is -0.193. The third-order valence-electron chi connectivity index (χ3n) is 12.6. The maximum absolute atomic E-state index is 13.2. The number of para-hydroxylation sites is 1. The fraction of sp³-hybridized carbons (Fsp3) is 0.321. The fourth-order valence-electron chi connectivity index (χ4n) is 8.60. The molecule has 6 aromatic rings. The van der Waals surface area contributed by atoms with Gasteiger partial charge in [0.15, 0.2) is 0 Å². The number of likely N-dealkylation sites (N-methyl/N-ethyl adjacent to an activating group) is 1. The van der Waals surface area contributed by atoms with Gasteiger partial charge in [-0.15, -0.1) is 0 Å². The Labute approximate surface area is 450 Å². The number of carbonyl (C=O) groups excluding carboxylic acids is 3. The van der Waals surface area contributed by atoms with Gasteiger partial charge in [0.1, 0.15) is 17.6 Å². The van der Waals surface area contributed by atoms with Crippen molar-refractivity contribution in [3.05, 3.63) is 154 Å². The van der Waals surface area contributed by atoms with Crippen molar-refractivity contribution < 1.29 is 75.5 Å². The van der Waals surface area contributed by atoms with E-state index in [9.17, 15) is 55.7 Å². The number of H-pyrrole nitrogens is 1. The minimum atomic E-state index is -5.08. The minimum Gasteiger partial charge on any atom is -0.506 e. The van der Waals surface area contributed by atoms with Crippen molar-refractivity contribution in [3.63, 3.8) is 0 Å². The minimum absolute atomic E-state index is 0.00899. The molecule has 2 heterocycles. The summed E-state index contributed by atoms with van der Waals surface area (Å²) in [4.78, 5) is 77.1. The maximum Gasteiger partial charge on any atom is 0.490 e. The number of aliphatic carboxylic acids is 2. The fourth-order valence-corrected chi connectivity index (χ4v) is 8.60. The van der Waals surface area contributed by atoms with E-state index in [-0.39, 0.29) is 35.6 Å². The Morgan fingerprint density at radius 1 is 0.772 bits per heavy atom. The summed E-state index contributed by atoms with van der Waals surface area (Å²) in [6.07, 6.45) is -7.98. The number of carbonyl (C=O) groups is 5. The van der Waals surface area contributed by atoms with Gasteiger partial charge in [-0.2, -0.15) is 26.3 Å². The molecule has 0 unspecified atom stereocenters. The number of fused-ring (bicyclic) bond motifs is 1. The van der Waals surface area contributed by atoms with E-state index in [1.165, 1.54) is 12.1 Å². The molecule has 79 heavy (non-hydrogen) atoms. The first-order valence-corrected chi connectivity index (χ1v) is 24.8. The van der Waals surface area contributed by atoms with Crippen molar-refractivity contribution in [1.29, 1.82) is 0 Å². The van der Waals surface area contributed by atoms with Crippen LogP contribution in [0.25, 0.3) is 22.0 Å². The monoisotopic (exact) mass is 1110 g/mol. The maximum atomic E-state index is 13.2. The third kappa shape index (κ3) is 18.6. The molecule has 0 bridgehead atoms. The van der Waals surface area contributed by atoms with Crippen molar-refractivity contribution >= 4 is 57.8 Å². The SMILES string of the molecule is CCN(c1ccc(O)c2[nH]c(=O)ccc12)[C@](C)(O)Cc1cccc(CCNC(=O)Cc2ccc(N(C)C(=O)CCN3CCC(OC(=O)Nc4ccccc4-c4ccccc4)CC3)cc2)c1.O=C(O)C(F)(F)F.O=C(O)C(F)(F)F. The van der Waals surface area contributed by atoms with E-state index < -0.39 is 36.1 Å². The number of phenols is 1. The molecule has 1 saturated heterocycles. The summed E-state index contributed by atoms with van der Waals surface area (Å²) in [5.74, 6) is -5.67. The number of hydrogen-bond acceptors (Lipinski definition) is 11. The predicted molar refractivity (Wildman–Crippen MR) is 284 cm³/mol. The third-order valence-corrected chi connectivity index (χ3v) is 12.6. The second kappa shape index (κ2) is 27.7. The highest BCUT2D eigenvalue weighted by Crippen LogP contribution is 2.35. The number of piperidine rings is 1.